The van der Waals surface area contributed by atoms with Crippen molar-refractivity contribution in [2.24, 2.45) is 11.8 Å². The van der Waals surface area contributed by atoms with Crippen LogP contribution in [-0.2, 0) is 11.3 Å². The van der Waals surface area contributed by atoms with Crippen LogP contribution >= 0.6 is 11.3 Å². The fourth-order valence-electron chi connectivity index (χ4n) is 3.90. The number of piperidine rings is 1. The Hall–Kier alpha value is -2.18. The van der Waals surface area contributed by atoms with Gasteiger partial charge in [0.25, 0.3) is 5.91 Å². The third kappa shape index (κ3) is 6.41. The van der Waals surface area contributed by atoms with E-state index in [-0.39, 0.29) is 17.7 Å². The fourth-order valence-corrected chi connectivity index (χ4v) is 4.65. The zero-order chi connectivity index (χ0) is 21.5. The Kier molecular flexibility index (Phi) is 8.05. The number of aryl methyl sites for hydroxylation is 1. The Morgan fingerprint density at radius 2 is 1.97 bits per heavy atom. The van der Waals surface area contributed by atoms with Gasteiger partial charge in [0.1, 0.15) is 6.04 Å². The van der Waals surface area contributed by atoms with Crippen LogP contribution in [0.5, 0.6) is 0 Å². The minimum Gasteiger partial charge on any atom is -0.354 e. The molecule has 1 aromatic carbocycles. The number of carbonyl (C=O) groups excluding carboxylic acids is 2. The molecule has 3 rings (SSSR count). The maximum absolute atomic E-state index is 12.8. The lowest BCUT2D eigenvalue weighted by atomic mass is 9.97. The van der Waals surface area contributed by atoms with Gasteiger partial charge in [-0.05, 0) is 61.7 Å². The Labute approximate surface area is 183 Å². The molecule has 1 aromatic heterocycles. The first-order valence-electron chi connectivity index (χ1n) is 10.8. The van der Waals surface area contributed by atoms with E-state index >= 15 is 0 Å². The van der Waals surface area contributed by atoms with E-state index in [0.29, 0.717) is 18.0 Å². The predicted molar refractivity (Wildman–Crippen MR) is 123 cm³/mol. The molecule has 1 aliphatic rings. The van der Waals surface area contributed by atoms with Crippen LogP contribution in [0.15, 0.2) is 41.8 Å². The van der Waals surface area contributed by atoms with Crippen LogP contribution in [0.25, 0.3) is 0 Å². The molecule has 1 fully saturated rings. The minimum atomic E-state index is -0.537. The molecular formula is C24H33N3O2S. The smallest absolute Gasteiger partial charge is 0.251 e. The molecule has 0 spiro atoms. The highest BCUT2D eigenvalue weighted by Gasteiger charge is 2.26. The van der Waals surface area contributed by atoms with Gasteiger partial charge in [-0.25, -0.2) is 0 Å². The Morgan fingerprint density at radius 1 is 1.20 bits per heavy atom. The number of carbonyl (C=O) groups is 2. The number of nitrogens with one attached hydrogen (secondary N) is 2. The molecule has 2 atom stereocenters. The van der Waals surface area contributed by atoms with Crippen molar-refractivity contribution in [3.05, 3.63) is 57.8 Å². The second-order valence-electron chi connectivity index (χ2n) is 8.63. The first-order chi connectivity index (χ1) is 14.4. The summed E-state index contributed by atoms with van der Waals surface area (Å²) in [6.07, 6.45) is 2.28. The molecule has 1 saturated heterocycles. The van der Waals surface area contributed by atoms with E-state index in [1.54, 1.807) is 23.5 Å². The van der Waals surface area contributed by atoms with Gasteiger partial charge < -0.3 is 10.6 Å². The molecule has 0 saturated carbocycles. The van der Waals surface area contributed by atoms with Crippen LogP contribution in [-0.4, -0.2) is 42.4 Å². The normalized spacial score (nSPS) is 18.2. The number of nitrogens with zero attached hydrogens (tertiary/aromatic N) is 1. The molecule has 2 heterocycles. The van der Waals surface area contributed by atoms with Crippen LogP contribution < -0.4 is 10.6 Å². The molecule has 0 aliphatic carbocycles. The fraction of sp³-hybridized carbons (Fsp3) is 0.500. The van der Waals surface area contributed by atoms with Gasteiger partial charge in [-0.2, -0.15) is 0 Å². The molecular weight excluding hydrogens is 394 g/mol. The minimum absolute atomic E-state index is 0.0149. The van der Waals surface area contributed by atoms with E-state index in [2.05, 4.69) is 33.0 Å². The molecule has 0 bridgehead atoms. The highest BCUT2D eigenvalue weighted by Crippen LogP contribution is 2.20. The number of hydrogen-bond acceptors (Lipinski definition) is 4. The van der Waals surface area contributed by atoms with Gasteiger partial charge in [0.2, 0.25) is 5.91 Å². The number of likely N-dealkylation sites (tertiary alicyclic amines) is 1. The first-order valence-corrected chi connectivity index (χ1v) is 11.7. The van der Waals surface area contributed by atoms with Crippen molar-refractivity contribution in [2.45, 2.75) is 46.2 Å². The Bertz CT molecular complexity index is 817. The first kappa shape index (κ1) is 22.5. The van der Waals surface area contributed by atoms with Crippen LogP contribution in [0.3, 0.4) is 0 Å². The second-order valence-corrected chi connectivity index (χ2v) is 9.66. The number of thiophene rings is 1. The van der Waals surface area contributed by atoms with Crippen molar-refractivity contribution >= 4 is 23.2 Å². The zero-order valence-electron chi connectivity index (χ0n) is 18.2. The van der Waals surface area contributed by atoms with Gasteiger partial charge in [-0.3, -0.25) is 14.5 Å². The monoisotopic (exact) mass is 427 g/mol. The quantitative estimate of drug-likeness (QED) is 0.673. The molecule has 2 aromatic rings. The molecule has 0 radical (unpaired) electrons. The van der Waals surface area contributed by atoms with Gasteiger partial charge >= 0.3 is 0 Å². The molecule has 162 valence electrons. The van der Waals surface area contributed by atoms with E-state index in [4.69, 9.17) is 0 Å². The molecule has 30 heavy (non-hydrogen) atoms. The summed E-state index contributed by atoms with van der Waals surface area (Å²) in [5.41, 5.74) is 1.68. The topological polar surface area (TPSA) is 61.4 Å². The molecule has 2 N–H and O–H groups in total. The van der Waals surface area contributed by atoms with Crippen LogP contribution in [0.4, 0.5) is 0 Å². The number of amides is 2. The summed E-state index contributed by atoms with van der Waals surface area (Å²) in [7, 11) is 0. The maximum Gasteiger partial charge on any atom is 0.251 e. The summed E-state index contributed by atoms with van der Waals surface area (Å²) in [6.45, 7) is 9.67. The van der Waals surface area contributed by atoms with Gasteiger partial charge in [0.15, 0.2) is 0 Å². The zero-order valence-corrected chi connectivity index (χ0v) is 19.0. The molecule has 2 amide bonds. The van der Waals surface area contributed by atoms with E-state index in [9.17, 15) is 9.59 Å². The summed E-state index contributed by atoms with van der Waals surface area (Å²) < 4.78 is 0. The van der Waals surface area contributed by atoms with E-state index in [1.807, 2.05) is 32.9 Å². The third-order valence-corrected chi connectivity index (χ3v) is 6.54. The van der Waals surface area contributed by atoms with Crippen molar-refractivity contribution in [1.29, 1.82) is 0 Å². The van der Waals surface area contributed by atoms with Gasteiger partial charge in [0, 0.05) is 30.1 Å². The standard InChI is InChI=1S/C24H33N3O2S/c1-17(2)22(26-23(28)20-10-8-18(3)9-11-20)24(29)25-14-19-6-4-12-27(15-19)16-21-7-5-13-30-21/h5,7-11,13,17,19,22H,4,6,12,14-16H2,1-3H3,(H,25,29)(H,26,28). The van der Waals surface area contributed by atoms with Gasteiger partial charge in [-0.1, -0.05) is 37.6 Å². The number of rotatable bonds is 8. The number of hydrogen-bond donors (Lipinski definition) is 2. The Morgan fingerprint density at radius 3 is 2.63 bits per heavy atom. The molecule has 1 aliphatic heterocycles. The van der Waals surface area contributed by atoms with Gasteiger partial charge in [-0.15, -0.1) is 11.3 Å². The highest BCUT2D eigenvalue weighted by atomic mass is 32.1. The summed E-state index contributed by atoms with van der Waals surface area (Å²) in [5.74, 6) is 0.161. The van der Waals surface area contributed by atoms with Crippen molar-refractivity contribution in [3.63, 3.8) is 0 Å². The maximum atomic E-state index is 12.8. The third-order valence-electron chi connectivity index (χ3n) is 5.68. The SMILES string of the molecule is Cc1ccc(C(=O)NC(C(=O)NCC2CCCN(Cc3cccs3)C2)C(C)C)cc1. The molecule has 2 unspecified atom stereocenters. The van der Waals surface area contributed by atoms with Crippen molar-refractivity contribution < 1.29 is 9.59 Å². The summed E-state index contributed by atoms with van der Waals surface area (Å²) in [4.78, 5) is 29.3. The summed E-state index contributed by atoms with van der Waals surface area (Å²) in [6, 6.07) is 11.1. The van der Waals surface area contributed by atoms with Crippen LogP contribution in [0.2, 0.25) is 0 Å². The Balaban J connectivity index is 1.50. The molecule has 5 nitrogen and oxygen atoms in total. The van der Waals surface area contributed by atoms with E-state index in [0.717, 1.165) is 38.0 Å². The van der Waals surface area contributed by atoms with Crippen molar-refractivity contribution in [1.82, 2.24) is 15.5 Å². The number of benzene rings is 1. The van der Waals surface area contributed by atoms with Crippen LogP contribution in [0, 0.1) is 18.8 Å². The average molecular weight is 428 g/mol. The van der Waals surface area contributed by atoms with Crippen molar-refractivity contribution in [2.75, 3.05) is 19.6 Å². The summed E-state index contributed by atoms with van der Waals surface area (Å²) >= 11 is 1.80. The van der Waals surface area contributed by atoms with E-state index in [1.165, 1.54) is 4.88 Å². The predicted octanol–water partition coefficient (Wildman–Crippen LogP) is 3.84. The largest absolute Gasteiger partial charge is 0.354 e. The lowest BCUT2D eigenvalue weighted by molar-refractivity contribution is -0.124. The van der Waals surface area contributed by atoms with E-state index < -0.39 is 6.04 Å². The molecule has 6 heteroatoms. The van der Waals surface area contributed by atoms with Crippen molar-refractivity contribution in [3.8, 4) is 0 Å². The second kappa shape index (κ2) is 10.7. The highest BCUT2D eigenvalue weighted by molar-refractivity contribution is 7.09. The van der Waals surface area contributed by atoms with Gasteiger partial charge in [0.05, 0.1) is 0 Å². The lowest BCUT2D eigenvalue weighted by Gasteiger charge is -2.33. The van der Waals surface area contributed by atoms with Crippen LogP contribution in [0.1, 0.15) is 47.5 Å². The summed E-state index contributed by atoms with van der Waals surface area (Å²) in [5, 5.41) is 8.14. The lowest BCUT2D eigenvalue weighted by Crippen LogP contribution is -2.51. The average Bonchev–Trinajstić information content (AvgIpc) is 3.23.